The topological polar surface area (TPSA) is 75.2 Å². The quantitative estimate of drug-likeness (QED) is 0.508. The van der Waals surface area contributed by atoms with E-state index < -0.39 is 5.97 Å². The second-order valence-corrected chi connectivity index (χ2v) is 6.65. The zero-order valence-electron chi connectivity index (χ0n) is 15.8. The van der Waals surface area contributed by atoms with Crippen LogP contribution in [0.1, 0.15) is 32.9 Å². The molecule has 0 saturated carbocycles. The molecule has 5 nitrogen and oxygen atoms in total. The number of fused-ring (bicyclic) bond motifs is 1. The Kier molecular flexibility index (Phi) is 5.00. The summed E-state index contributed by atoms with van der Waals surface area (Å²) >= 11 is 0. The number of carboxylic acids is 1. The predicted molar refractivity (Wildman–Crippen MR) is 111 cm³/mol. The molecule has 0 amide bonds. The molecule has 0 aliphatic rings. The van der Waals surface area contributed by atoms with Crippen molar-refractivity contribution < 1.29 is 14.6 Å². The van der Waals surface area contributed by atoms with Crippen LogP contribution in [0.15, 0.2) is 66.7 Å². The van der Waals surface area contributed by atoms with Crippen LogP contribution in [0.3, 0.4) is 0 Å². The molecular formula is C24H18N2O3. The Morgan fingerprint density at radius 2 is 1.83 bits per heavy atom. The lowest BCUT2D eigenvalue weighted by atomic mass is 10.1. The van der Waals surface area contributed by atoms with Crippen molar-refractivity contribution >= 4 is 17.0 Å². The lowest BCUT2D eigenvalue weighted by molar-refractivity contribution is 0.0698. The molecule has 0 fully saturated rings. The maximum atomic E-state index is 11.4. The predicted octanol–water partition coefficient (Wildman–Crippen LogP) is 4.55. The van der Waals surface area contributed by atoms with Crippen molar-refractivity contribution in [3.63, 3.8) is 0 Å². The van der Waals surface area contributed by atoms with Gasteiger partial charge in [0, 0.05) is 5.56 Å². The van der Waals surface area contributed by atoms with Gasteiger partial charge in [0.25, 0.3) is 0 Å². The fourth-order valence-electron chi connectivity index (χ4n) is 2.99. The number of nitrogens with zero attached hydrogens (tertiary/aromatic N) is 1. The second-order valence-electron chi connectivity index (χ2n) is 6.65. The summed E-state index contributed by atoms with van der Waals surface area (Å²) in [5.41, 5.74) is 4.02. The van der Waals surface area contributed by atoms with Crippen molar-refractivity contribution in [3.8, 4) is 17.6 Å². The van der Waals surface area contributed by atoms with E-state index in [2.05, 4.69) is 21.8 Å². The lowest BCUT2D eigenvalue weighted by Crippen LogP contribution is -1.98. The monoisotopic (exact) mass is 382 g/mol. The smallest absolute Gasteiger partial charge is 0.337 e. The number of nitrogens with one attached hydrogen (secondary N) is 1. The zero-order chi connectivity index (χ0) is 20.2. The van der Waals surface area contributed by atoms with Gasteiger partial charge in [-0.25, -0.2) is 9.78 Å². The van der Waals surface area contributed by atoms with E-state index in [0.29, 0.717) is 23.5 Å². The van der Waals surface area contributed by atoms with Crippen molar-refractivity contribution in [1.82, 2.24) is 9.97 Å². The van der Waals surface area contributed by atoms with E-state index in [1.165, 1.54) is 0 Å². The highest BCUT2D eigenvalue weighted by Gasteiger charge is 2.13. The van der Waals surface area contributed by atoms with Crippen LogP contribution in [0.25, 0.3) is 11.0 Å². The normalized spacial score (nSPS) is 10.4. The second kappa shape index (κ2) is 7.91. The van der Waals surface area contributed by atoms with E-state index >= 15 is 0 Å². The number of benzene rings is 3. The third-order valence-corrected chi connectivity index (χ3v) is 4.39. The number of ether oxygens (including phenoxy) is 1. The Morgan fingerprint density at radius 3 is 2.55 bits per heavy atom. The Morgan fingerprint density at radius 1 is 1.07 bits per heavy atom. The number of H-pyrrole nitrogens is 1. The first kappa shape index (κ1) is 18.3. The van der Waals surface area contributed by atoms with E-state index in [1.807, 2.05) is 67.6 Å². The van der Waals surface area contributed by atoms with Gasteiger partial charge in [0.1, 0.15) is 17.9 Å². The highest BCUT2D eigenvalue weighted by molar-refractivity contribution is 6.01. The Hall–Kier alpha value is -4.04. The SMILES string of the molecule is Cc1cc(C(=O)O)c2nc(C#Cc3ccc(OCc4ccccc4)cc3)[nH]c2c1. The standard InChI is InChI=1S/C24H18N2O3/c1-16-13-20(24(27)28)23-21(14-16)25-22(26-23)12-9-17-7-10-19(11-8-17)29-15-18-5-3-2-4-6-18/h2-8,10-11,13-14H,15H2,1H3,(H,25,26)(H,27,28). The lowest BCUT2D eigenvalue weighted by Gasteiger charge is -2.05. The van der Waals surface area contributed by atoms with Gasteiger partial charge in [-0.15, -0.1) is 0 Å². The first-order chi connectivity index (χ1) is 14.1. The highest BCUT2D eigenvalue weighted by atomic mass is 16.5. The summed E-state index contributed by atoms with van der Waals surface area (Å²) in [5, 5.41) is 9.37. The first-order valence-corrected chi connectivity index (χ1v) is 9.11. The Bertz CT molecular complexity index is 1230. The van der Waals surface area contributed by atoms with Crippen molar-refractivity contribution in [2.24, 2.45) is 0 Å². The van der Waals surface area contributed by atoms with E-state index in [4.69, 9.17) is 4.74 Å². The van der Waals surface area contributed by atoms with Crippen LogP contribution in [0.2, 0.25) is 0 Å². The molecule has 4 rings (SSSR count). The van der Waals surface area contributed by atoms with Crippen molar-refractivity contribution in [3.05, 3.63) is 94.8 Å². The first-order valence-electron chi connectivity index (χ1n) is 9.11. The van der Waals surface area contributed by atoms with E-state index in [1.54, 1.807) is 6.07 Å². The molecule has 0 bridgehead atoms. The average Bonchev–Trinajstić information content (AvgIpc) is 3.14. The molecule has 2 N–H and O–H groups in total. The van der Waals surface area contributed by atoms with E-state index in [-0.39, 0.29) is 5.56 Å². The molecule has 1 aromatic heterocycles. The number of aryl methyl sites for hydroxylation is 1. The maximum Gasteiger partial charge on any atom is 0.337 e. The van der Waals surface area contributed by atoms with Crippen LogP contribution in [0, 0.1) is 18.8 Å². The summed E-state index contributed by atoms with van der Waals surface area (Å²) in [6, 6.07) is 20.9. The Labute approximate surface area is 168 Å². The van der Waals surface area contributed by atoms with Crippen LogP contribution in [0.4, 0.5) is 0 Å². The van der Waals surface area contributed by atoms with E-state index in [0.717, 1.165) is 22.4 Å². The Balaban J connectivity index is 1.50. The largest absolute Gasteiger partial charge is 0.489 e. The molecule has 5 heteroatoms. The van der Waals surface area contributed by atoms with Crippen molar-refractivity contribution in [1.29, 1.82) is 0 Å². The number of carboxylic acid groups (broad SMARTS) is 1. The van der Waals surface area contributed by atoms with Gasteiger partial charge in [0.2, 0.25) is 0 Å². The summed E-state index contributed by atoms with van der Waals surface area (Å²) < 4.78 is 5.77. The number of rotatable bonds is 4. The highest BCUT2D eigenvalue weighted by Crippen LogP contribution is 2.19. The number of hydrogen-bond acceptors (Lipinski definition) is 3. The van der Waals surface area contributed by atoms with Gasteiger partial charge in [0.15, 0.2) is 5.82 Å². The number of aromatic amines is 1. The summed E-state index contributed by atoms with van der Waals surface area (Å²) in [6.45, 7) is 2.36. The molecule has 3 aromatic carbocycles. The number of aromatic carboxylic acids is 1. The minimum Gasteiger partial charge on any atom is -0.489 e. The van der Waals surface area contributed by atoms with Gasteiger partial charge in [-0.1, -0.05) is 36.3 Å². The average molecular weight is 382 g/mol. The molecule has 0 atom stereocenters. The third kappa shape index (κ3) is 4.28. The van der Waals surface area contributed by atoms with Crippen LogP contribution in [-0.4, -0.2) is 21.0 Å². The van der Waals surface area contributed by atoms with Crippen molar-refractivity contribution in [2.45, 2.75) is 13.5 Å². The summed E-state index contributed by atoms with van der Waals surface area (Å²) in [7, 11) is 0. The summed E-state index contributed by atoms with van der Waals surface area (Å²) in [4.78, 5) is 18.8. The van der Waals surface area contributed by atoms with Gasteiger partial charge in [-0.05, 0) is 60.4 Å². The molecule has 0 spiro atoms. The van der Waals surface area contributed by atoms with Gasteiger partial charge >= 0.3 is 5.97 Å². The number of aromatic nitrogens is 2. The fraction of sp³-hybridized carbons (Fsp3) is 0.0833. The van der Waals surface area contributed by atoms with Crippen LogP contribution >= 0.6 is 0 Å². The molecule has 4 aromatic rings. The van der Waals surface area contributed by atoms with Crippen LogP contribution in [0.5, 0.6) is 5.75 Å². The van der Waals surface area contributed by atoms with Gasteiger partial charge < -0.3 is 14.8 Å². The van der Waals surface area contributed by atoms with E-state index in [9.17, 15) is 9.90 Å². The number of imidazole rings is 1. The van der Waals surface area contributed by atoms with Gasteiger partial charge in [0.05, 0.1) is 11.1 Å². The molecule has 1 heterocycles. The minimum absolute atomic E-state index is 0.171. The van der Waals surface area contributed by atoms with Crippen LogP contribution in [-0.2, 0) is 6.61 Å². The molecule has 0 aliphatic heterocycles. The molecule has 0 unspecified atom stereocenters. The summed E-state index contributed by atoms with van der Waals surface area (Å²) in [6.07, 6.45) is 0. The van der Waals surface area contributed by atoms with Crippen molar-refractivity contribution in [2.75, 3.05) is 0 Å². The van der Waals surface area contributed by atoms with Gasteiger partial charge in [-0.2, -0.15) is 0 Å². The molecule has 0 saturated heterocycles. The number of hydrogen-bond donors (Lipinski definition) is 2. The maximum absolute atomic E-state index is 11.4. The summed E-state index contributed by atoms with van der Waals surface area (Å²) in [5.74, 6) is 6.19. The third-order valence-electron chi connectivity index (χ3n) is 4.39. The zero-order valence-corrected chi connectivity index (χ0v) is 15.8. The van der Waals surface area contributed by atoms with Crippen LogP contribution < -0.4 is 4.74 Å². The number of carbonyl (C=O) groups is 1. The molecule has 0 aliphatic carbocycles. The molecule has 142 valence electrons. The fourth-order valence-corrected chi connectivity index (χ4v) is 2.99. The molecule has 29 heavy (non-hydrogen) atoms. The van der Waals surface area contributed by atoms with Gasteiger partial charge in [-0.3, -0.25) is 0 Å². The minimum atomic E-state index is -1.00. The molecule has 0 radical (unpaired) electrons. The molecular weight excluding hydrogens is 364 g/mol.